The van der Waals surface area contributed by atoms with Crippen molar-refractivity contribution in [1.29, 1.82) is 0 Å². The molecule has 0 bridgehead atoms. The number of nitrogens with zero attached hydrogens (tertiary/aromatic N) is 1. The zero-order valence-corrected chi connectivity index (χ0v) is 14.4. The van der Waals surface area contributed by atoms with Crippen LogP contribution in [0.3, 0.4) is 0 Å². The summed E-state index contributed by atoms with van der Waals surface area (Å²) in [6, 6.07) is 6.46. The van der Waals surface area contributed by atoms with Gasteiger partial charge in [-0.25, -0.2) is 0 Å². The van der Waals surface area contributed by atoms with Crippen molar-refractivity contribution in [3.8, 4) is 5.75 Å². The SMILES string of the molecule is CCOC(=O)CCC(=O)NC1CCN(C(=O)c2ccccc2O)CC1. The van der Waals surface area contributed by atoms with Crippen LogP contribution in [0.4, 0.5) is 0 Å². The van der Waals surface area contributed by atoms with Gasteiger partial charge in [-0.2, -0.15) is 0 Å². The van der Waals surface area contributed by atoms with Gasteiger partial charge >= 0.3 is 5.97 Å². The molecular formula is C18H24N2O5. The number of para-hydroxylation sites is 1. The molecular weight excluding hydrogens is 324 g/mol. The Hall–Kier alpha value is -2.57. The first-order valence-electron chi connectivity index (χ1n) is 8.53. The third-order valence-electron chi connectivity index (χ3n) is 4.14. The van der Waals surface area contributed by atoms with Gasteiger partial charge in [0.15, 0.2) is 0 Å². The van der Waals surface area contributed by atoms with Crippen LogP contribution in [0.5, 0.6) is 5.75 Å². The molecule has 0 radical (unpaired) electrons. The topological polar surface area (TPSA) is 95.9 Å². The van der Waals surface area contributed by atoms with E-state index in [1.54, 1.807) is 30.0 Å². The number of aromatic hydroxyl groups is 1. The van der Waals surface area contributed by atoms with Gasteiger partial charge in [-0.1, -0.05) is 12.1 Å². The number of nitrogens with one attached hydrogen (secondary N) is 1. The Morgan fingerprint density at radius 2 is 1.88 bits per heavy atom. The maximum Gasteiger partial charge on any atom is 0.306 e. The molecule has 2 rings (SSSR count). The van der Waals surface area contributed by atoms with Crippen LogP contribution < -0.4 is 5.32 Å². The normalized spacial score (nSPS) is 14.8. The van der Waals surface area contributed by atoms with Crippen molar-refractivity contribution in [1.82, 2.24) is 10.2 Å². The quantitative estimate of drug-likeness (QED) is 0.759. The van der Waals surface area contributed by atoms with E-state index in [0.29, 0.717) is 38.1 Å². The van der Waals surface area contributed by atoms with Crippen LogP contribution in [0, 0.1) is 0 Å². The number of rotatable bonds is 6. The average molecular weight is 348 g/mol. The molecule has 1 aromatic carbocycles. The minimum atomic E-state index is -0.374. The van der Waals surface area contributed by atoms with Crippen molar-refractivity contribution < 1.29 is 24.2 Å². The molecule has 0 aliphatic carbocycles. The molecule has 0 aromatic heterocycles. The average Bonchev–Trinajstić information content (AvgIpc) is 2.61. The molecule has 0 unspecified atom stereocenters. The molecule has 0 saturated carbocycles. The molecule has 25 heavy (non-hydrogen) atoms. The summed E-state index contributed by atoms with van der Waals surface area (Å²) < 4.78 is 4.79. The summed E-state index contributed by atoms with van der Waals surface area (Å²) in [4.78, 5) is 37.2. The second-order valence-corrected chi connectivity index (χ2v) is 5.96. The first kappa shape index (κ1) is 18.8. The first-order chi connectivity index (χ1) is 12.0. The predicted molar refractivity (Wildman–Crippen MR) is 91.0 cm³/mol. The van der Waals surface area contributed by atoms with Gasteiger partial charge in [0.25, 0.3) is 5.91 Å². The van der Waals surface area contributed by atoms with Crippen molar-refractivity contribution in [2.45, 2.75) is 38.6 Å². The second kappa shape index (κ2) is 9.05. The third-order valence-corrected chi connectivity index (χ3v) is 4.14. The second-order valence-electron chi connectivity index (χ2n) is 5.96. The van der Waals surface area contributed by atoms with Crippen LogP contribution in [-0.2, 0) is 14.3 Å². The van der Waals surface area contributed by atoms with E-state index in [0.717, 1.165) is 0 Å². The molecule has 2 amide bonds. The summed E-state index contributed by atoms with van der Waals surface area (Å²) in [5.74, 6) is -0.786. The molecule has 1 saturated heterocycles. The molecule has 0 atom stereocenters. The maximum absolute atomic E-state index is 12.4. The van der Waals surface area contributed by atoms with E-state index in [9.17, 15) is 19.5 Å². The van der Waals surface area contributed by atoms with Gasteiger partial charge in [0, 0.05) is 25.6 Å². The van der Waals surface area contributed by atoms with Crippen molar-refractivity contribution in [2.75, 3.05) is 19.7 Å². The van der Waals surface area contributed by atoms with Gasteiger partial charge in [-0.3, -0.25) is 14.4 Å². The highest BCUT2D eigenvalue weighted by Gasteiger charge is 2.25. The Kier molecular flexibility index (Phi) is 6.80. The van der Waals surface area contributed by atoms with Crippen LogP contribution in [0.2, 0.25) is 0 Å². The summed E-state index contributed by atoms with van der Waals surface area (Å²) in [6.45, 7) is 3.05. The van der Waals surface area contributed by atoms with E-state index in [2.05, 4.69) is 5.32 Å². The van der Waals surface area contributed by atoms with Gasteiger partial charge in [-0.05, 0) is 31.9 Å². The fraction of sp³-hybridized carbons (Fsp3) is 0.500. The lowest BCUT2D eigenvalue weighted by molar-refractivity contribution is -0.144. The highest BCUT2D eigenvalue weighted by Crippen LogP contribution is 2.20. The van der Waals surface area contributed by atoms with Gasteiger partial charge in [0.05, 0.1) is 18.6 Å². The Labute approximate surface area is 147 Å². The van der Waals surface area contributed by atoms with Crippen LogP contribution in [0.1, 0.15) is 43.0 Å². The van der Waals surface area contributed by atoms with Crippen LogP contribution >= 0.6 is 0 Å². The highest BCUT2D eigenvalue weighted by atomic mass is 16.5. The van der Waals surface area contributed by atoms with Gasteiger partial charge in [0.2, 0.25) is 5.91 Å². The fourth-order valence-electron chi connectivity index (χ4n) is 2.80. The number of phenols is 1. The number of hydrogen-bond acceptors (Lipinski definition) is 5. The number of benzene rings is 1. The van der Waals surface area contributed by atoms with Crippen molar-refractivity contribution >= 4 is 17.8 Å². The number of amides is 2. The molecule has 2 N–H and O–H groups in total. The van der Waals surface area contributed by atoms with E-state index in [1.165, 1.54) is 6.07 Å². The summed E-state index contributed by atoms with van der Waals surface area (Å²) in [6.07, 6.45) is 1.47. The third kappa shape index (κ3) is 5.48. The lowest BCUT2D eigenvalue weighted by Crippen LogP contribution is -2.46. The predicted octanol–water partition coefficient (Wildman–Crippen LogP) is 1.46. The molecule has 1 aliphatic rings. The van der Waals surface area contributed by atoms with E-state index < -0.39 is 0 Å². The van der Waals surface area contributed by atoms with Crippen LogP contribution in [-0.4, -0.2) is 53.5 Å². The van der Waals surface area contributed by atoms with Crippen LogP contribution in [0.25, 0.3) is 0 Å². The number of piperidine rings is 1. The molecule has 1 heterocycles. The Bertz CT molecular complexity index is 624. The summed E-state index contributed by atoms with van der Waals surface area (Å²) in [5, 5.41) is 12.7. The van der Waals surface area contributed by atoms with Gasteiger partial charge in [0.1, 0.15) is 5.75 Å². The van der Waals surface area contributed by atoms with E-state index in [4.69, 9.17) is 4.74 Å². The molecule has 1 aromatic rings. The summed E-state index contributed by atoms with van der Waals surface area (Å²) in [5.41, 5.74) is 0.291. The standard InChI is InChI=1S/C18H24N2O5/c1-2-25-17(23)8-7-16(22)19-13-9-11-20(12-10-13)18(24)14-5-3-4-6-15(14)21/h3-6,13,21H,2,7-12H2,1H3,(H,19,22). The number of hydrogen-bond donors (Lipinski definition) is 2. The molecule has 7 nitrogen and oxygen atoms in total. The van der Waals surface area contributed by atoms with Crippen molar-refractivity contribution in [3.05, 3.63) is 29.8 Å². The lowest BCUT2D eigenvalue weighted by atomic mass is 10.0. The summed E-state index contributed by atoms with van der Waals surface area (Å²) >= 11 is 0. The Balaban J connectivity index is 1.76. The largest absolute Gasteiger partial charge is 0.507 e. The highest BCUT2D eigenvalue weighted by molar-refractivity contribution is 5.96. The number of likely N-dealkylation sites (tertiary alicyclic amines) is 1. The Morgan fingerprint density at radius 3 is 2.52 bits per heavy atom. The van der Waals surface area contributed by atoms with E-state index in [-0.39, 0.29) is 42.4 Å². The molecule has 136 valence electrons. The molecule has 0 spiro atoms. The lowest BCUT2D eigenvalue weighted by Gasteiger charge is -2.32. The minimum absolute atomic E-state index is 0.0110. The van der Waals surface area contributed by atoms with E-state index >= 15 is 0 Å². The molecule has 1 fully saturated rings. The summed E-state index contributed by atoms with van der Waals surface area (Å²) in [7, 11) is 0. The number of phenolic OH excluding ortho intramolecular Hbond substituents is 1. The van der Waals surface area contributed by atoms with Gasteiger partial charge in [-0.15, -0.1) is 0 Å². The minimum Gasteiger partial charge on any atom is -0.507 e. The number of esters is 1. The number of ether oxygens (including phenoxy) is 1. The zero-order valence-electron chi connectivity index (χ0n) is 14.4. The van der Waals surface area contributed by atoms with Crippen LogP contribution in [0.15, 0.2) is 24.3 Å². The Morgan fingerprint density at radius 1 is 1.20 bits per heavy atom. The number of carbonyl (C=O) groups excluding carboxylic acids is 3. The zero-order chi connectivity index (χ0) is 18.2. The van der Waals surface area contributed by atoms with Crippen molar-refractivity contribution in [3.63, 3.8) is 0 Å². The molecule has 7 heteroatoms. The smallest absolute Gasteiger partial charge is 0.306 e. The van der Waals surface area contributed by atoms with E-state index in [1.807, 2.05) is 0 Å². The fourth-order valence-corrected chi connectivity index (χ4v) is 2.80. The maximum atomic E-state index is 12.4. The van der Waals surface area contributed by atoms with Crippen molar-refractivity contribution in [2.24, 2.45) is 0 Å². The molecule has 1 aliphatic heterocycles. The monoisotopic (exact) mass is 348 g/mol. The first-order valence-corrected chi connectivity index (χ1v) is 8.53. The van der Waals surface area contributed by atoms with Gasteiger partial charge < -0.3 is 20.1 Å². The number of carbonyl (C=O) groups is 3.